The summed E-state index contributed by atoms with van der Waals surface area (Å²) in [5, 5.41) is 0.590. The predicted octanol–water partition coefficient (Wildman–Crippen LogP) is 3.00. The Kier molecular flexibility index (Phi) is 3.72. The van der Waals surface area contributed by atoms with Crippen LogP contribution in [0.25, 0.3) is 10.9 Å². The number of fused-ring (bicyclic) bond motifs is 2. The SMILES string of the molecule is CN1C(=O)C(Cc2nc3ccccc3c(=O)n2C)c2cc(Br)ccc21. The first-order chi connectivity index (χ1) is 12.0. The summed E-state index contributed by atoms with van der Waals surface area (Å²) in [4.78, 5) is 31.6. The topological polar surface area (TPSA) is 55.2 Å². The third-order valence-electron chi connectivity index (χ3n) is 4.82. The van der Waals surface area contributed by atoms with E-state index in [2.05, 4.69) is 20.9 Å². The molecule has 1 unspecified atom stereocenters. The lowest BCUT2D eigenvalue weighted by molar-refractivity contribution is -0.119. The van der Waals surface area contributed by atoms with Gasteiger partial charge in [0.05, 0.1) is 16.8 Å². The summed E-state index contributed by atoms with van der Waals surface area (Å²) >= 11 is 3.48. The molecule has 0 saturated heterocycles. The molecule has 0 radical (unpaired) electrons. The van der Waals surface area contributed by atoms with Crippen molar-refractivity contribution in [3.05, 3.63) is 68.7 Å². The average Bonchev–Trinajstić information content (AvgIpc) is 2.84. The highest BCUT2D eigenvalue weighted by atomic mass is 79.9. The van der Waals surface area contributed by atoms with Gasteiger partial charge in [0.15, 0.2) is 0 Å². The maximum absolute atomic E-state index is 12.7. The van der Waals surface area contributed by atoms with E-state index in [0.717, 1.165) is 15.7 Å². The molecule has 1 aromatic heterocycles. The highest BCUT2D eigenvalue weighted by Crippen LogP contribution is 2.39. The maximum atomic E-state index is 12.7. The van der Waals surface area contributed by atoms with Crippen molar-refractivity contribution in [2.75, 3.05) is 11.9 Å². The van der Waals surface area contributed by atoms with Gasteiger partial charge in [-0.3, -0.25) is 14.2 Å². The van der Waals surface area contributed by atoms with Crippen LogP contribution in [-0.4, -0.2) is 22.5 Å². The van der Waals surface area contributed by atoms with Crippen LogP contribution in [0.2, 0.25) is 0 Å². The monoisotopic (exact) mass is 397 g/mol. The number of halogens is 1. The van der Waals surface area contributed by atoms with E-state index in [0.29, 0.717) is 23.1 Å². The standard InChI is InChI=1S/C19H16BrN3O2/c1-22-16-8-7-11(20)9-13(16)14(19(22)25)10-17-21-15-6-4-3-5-12(15)18(24)23(17)2/h3-9,14H,10H2,1-2H3. The van der Waals surface area contributed by atoms with E-state index in [1.54, 1.807) is 29.6 Å². The summed E-state index contributed by atoms with van der Waals surface area (Å²) in [6.45, 7) is 0. The van der Waals surface area contributed by atoms with E-state index in [4.69, 9.17) is 0 Å². The lowest BCUT2D eigenvalue weighted by Crippen LogP contribution is -2.28. The molecule has 0 saturated carbocycles. The van der Waals surface area contributed by atoms with Crippen LogP contribution < -0.4 is 10.5 Å². The number of carbonyl (C=O) groups is 1. The molecule has 4 rings (SSSR count). The lowest BCUT2D eigenvalue weighted by atomic mass is 9.96. The normalized spacial score (nSPS) is 16.5. The summed E-state index contributed by atoms with van der Waals surface area (Å²) in [5.41, 5.74) is 2.44. The minimum absolute atomic E-state index is 0.0236. The number of amides is 1. The van der Waals surface area contributed by atoms with Gasteiger partial charge in [0.25, 0.3) is 5.56 Å². The molecule has 3 aromatic rings. The first kappa shape index (κ1) is 16.0. The highest BCUT2D eigenvalue weighted by Gasteiger charge is 2.36. The number of aromatic nitrogens is 2. The van der Waals surface area contributed by atoms with Gasteiger partial charge in [-0.15, -0.1) is 0 Å². The zero-order chi connectivity index (χ0) is 17.7. The van der Waals surface area contributed by atoms with E-state index in [-0.39, 0.29) is 17.4 Å². The molecular weight excluding hydrogens is 382 g/mol. The summed E-state index contributed by atoms with van der Waals surface area (Å²) in [6.07, 6.45) is 0.392. The Hall–Kier alpha value is -2.47. The summed E-state index contributed by atoms with van der Waals surface area (Å²) in [7, 11) is 3.49. The molecular formula is C19H16BrN3O2. The van der Waals surface area contributed by atoms with Gasteiger partial charge in [0.1, 0.15) is 5.82 Å². The number of benzene rings is 2. The van der Waals surface area contributed by atoms with Crippen molar-refractivity contribution in [1.82, 2.24) is 9.55 Å². The van der Waals surface area contributed by atoms with Crippen LogP contribution in [0.15, 0.2) is 51.7 Å². The molecule has 2 aromatic carbocycles. The van der Waals surface area contributed by atoms with Crippen molar-refractivity contribution in [2.45, 2.75) is 12.3 Å². The molecule has 5 nitrogen and oxygen atoms in total. The second kappa shape index (κ2) is 5.81. The van der Waals surface area contributed by atoms with Gasteiger partial charge < -0.3 is 4.90 Å². The summed E-state index contributed by atoms with van der Waals surface area (Å²) in [6, 6.07) is 13.1. The van der Waals surface area contributed by atoms with Gasteiger partial charge in [-0.05, 0) is 35.9 Å². The molecule has 1 aliphatic heterocycles. The van der Waals surface area contributed by atoms with Crippen molar-refractivity contribution in [3.63, 3.8) is 0 Å². The Labute approximate surface area is 153 Å². The Bertz CT molecular complexity index is 1070. The lowest BCUT2D eigenvalue weighted by Gasteiger charge is -2.14. The van der Waals surface area contributed by atoms with Gasteiger partial charge in [0.2, 0.25) is 5.91 Å². The van der Waals surface area contributed by atoms with Crippen LogP contribution >= 0.6 is 15.9 Å². The molecule has 6 heteroatoms. The van der Waals surface area contributed by atoms with Crippen molar-refractivity contribution >= 4 is 38.4 Å². The van der Waals surface area contributed by atoms with Crippen molar-refractivity contribution in [2.24, 2.45) is 7.05 Å². The van der Waals surface area contributed by atoms with Gasteiger partial charge in [-0.1, -0.05) is 28.1 Å². The zero-order valence-electron chi connectivity index (χ0n) is 13.9. The molecule has 0 bridgehead atoms. The number of rotatable bonds is 2. The molecule has 126 valence electrons. The number of anilines is 1. The maximum Gasteiger partial charge on any atom is 0.261 e. The van der Waals surface area contributed by atoms with Crippen LogP contribution in [0.1, 0.15) is 17.3 Å². The third-order valence-corrected chi connectivity index (χ3v) is 5.31. The fourth-order valence-corrected chi connectivity index (χ4v) is 3.80. The van der Waals surface area contributed by atoms with Crippen molar-refractivity contribution in [3.8, 4) is 0 Å². The Morgan fingerprint density at radius 2 is 1.88 bits per heavy atom. The number of para-hydroxylation sites is 1. The molecule has 0 spiro atoms. The fraction of sp³-hybridized carbons (Fsp3) is 0.211. The van der Waals surface area contributed by atoms with Crippen LogP contribution in [-0.2, 0) is 18.3 Å². The molecule has 2 heterocycles. The van der Waals surface area contributed by atoms with Gasteiger partial charge >= 0.3 is 0 Å². The molecule has 1 aliphatic rings. The number of nitrogens with zero attached hydrogens (tertiary/aromatic N) is 3. The second-order valence-corrected chi connectivity index (χ2v) is 7.18. The largest absolute Gasteiger partial charge is 0.315 e. The molecule has 25 heavy (non-hydrogen) atoms. The Balaban J connectivity index is 1.83. The smallest absolute Gasteiger partial charge is 0.261 e. The second-order valence-electron chi connectivity index (χ2n) is 6.27. The van der Waals surface area contributed by atoms with Crippen LogP contribution in [0, 0.1) is 0 Å². The number of hydrogen-bond donors (Lipinski definition) is 0. The molecule has 0 N–H and O–H groups in total. The minimum atomic E-state index is -0.336. The number of carbonyl (C=O) groups excluding carboxylic acids is 1. The van der Waals surface area contributed by atoms with Gasteiger partial charge in [-0.25, -0.2) is 4.98 Å². The molecule has 1 atom stereocenters. The van der Waals surface area contributed by atoms with E-state index in [1.807, 2.05) is 36.4 Å². The Morgan fingerprint density at radius 3 is 2.68 bits per heavy atom. The van der Waals surface area contributed by atoms with Gasteiger partial charge in [0, 0.05) is 30.7 Å². The van der Waals surface area contributed by atoms with Crippen LogP contribution in [0.4, 0.5) is 5.69 Å². The molecule has 0 aliphatic carbocycles. The van der Waals surface area contributed by atoms with Crippen molar-refractivity contribution in [1.29, 1.82) is 0 Å². The predicted molar refractivity (Wildman–Crippen MR) is 101 cm³/mol. The summed E-state index contributed by atoms with van der Waals surface area (Å²) in [5.74, 6) is 0.301. The van der Waals surface area contributed by atoms with E-state index >= 15 is 0 Å². The first-order valence-electron chi connectivity index (χ1n) is 7.99. The van der Waals surface area contributed by atoms with Crippen molar-refractivity contribution < 1.29 is 4.79 Å². The minimum Gasteiger partial charge on any atom is -0.315 e. The first-order valence-corrected chi connectivity index (χ1v) is 8.78. The fourth-order valence-electron chi connectivity index (χ4n) is 3.42. The highest BCUT2D eigenvalue weighted by molar-refractivity contribution is 9.10. The molecule has 1 amide bonds. The van der Waals surface area contributed by atoms with Gasteiger partial charge in [-0.2, -0.15) is 0 Å². The number of likely N-dealkylation sites (N-methyl/N-ethyl adjacent to an activating group) is 1. The van der Waals surface area contributed by atoms with E-state index < -0.39 is 0 Å². The zero-order valence-corrected chi connectivity index (χ0v) is 15.4. The average molecular weight is 398 g/mol. The quantitative estimate of drug-likeness (QED) is 0.667. The number of hydrogen-bond acceptors (Lipinski definition) is 3. The Morgan fingerprint density at radius 1 is 1.12 bits per heavy atom. The molecule has 0 fully saturated rings. The van der Waals surface area contributed by atoms with E-state index in [1.165, 1.54) is 0 Å². The third kappa shape index (κ3) is 2.48. The van der Waals surface area contributed by atoms with Crippen LogP contribution in [0.5, 0.6) is 0 Å². The van der Waals surface area contributed by atoms with Crippen LogP contribution in [0.3, 0.4) is 0 Å². The summed E-state index contributed by atoms with van der Waals surface area (Å²) < 4.78 is 2.48. The van der Waals surface area contributed by atoms with E-state index in [9.17, 15) is 9.59 Å².